The fourth-order valence-electron chi connectivity index (χ4n) is 1.43. The van der Waals surface area contributed by atoms with Gasteiger partial charge in [0.25, 0.3) is 0 Å². The summed E-state index contributed by atoms with van der Waals surface area (Å²) in [4.78, 5) is 0. The summed E-state index contributed by atoms with van der Waals surface area (Å²) in [5, 5.41) is 4.16. The van der Waals surface area contributed by atoms with Crippen LogP contribution in [-0.2, 0) is 6.54 Å². The van der Waals surface area contributed by atoms with Gasteiger partial charge in [-0.1, -0.05) is 39.7 Å². The molecular weight excluding hydrogens is 412 g/mol. The van der Waals surface area contributed by atoms with E-state index in [2.05, 4.69) is 56.0 Å². The minimum absolute atomic E-state index is 0.767. The molecule has 0 atom stereocenters. The first-order valence-corrected chi connectivity index (χ1v) is 7.33. The van der Waals surface area contributed by atoms with E-state index >= 15 is 0 Å². The fourth-order valence-corrected chi connectivity index (χ4v) is 2.76. The Bertz CT molecular complexity index is 513. The van der Waals surface area contributed by atoms with Crippen molar-refractivity contribution in [3.63, 3.8) is 0 Å². The van der Waals surface area contributed by atoms with E-state index in [4.69, 9.17) is 11.6 Å². The van der Waals surface area contributed by atoms with Crippen LogP contribution in [0.4, 0.5) is 5.69 Å². The summed E-state index contributed by atoms with van der Waals surface area (Å²) in [7, 11) is 0. The monoisotopic (exact) mass is 421 g/mol. The summed E-state index contributed by atoms with van der Waals surface area (Å²) >= 11 is 11.6. The van der Waals surface area contributed by atoms with Crippen LogP contribution >= 0.6 is 50.1 Å². The third kappa shape index (κ3) is 3.86. The molecule has 2 aromatic carbocycles. The van der Waals surface area contributed by atoms with E-state index < -0.39 is 0 Å². The summed E-state index contributed by atoms with van der Waals surface area (Å²) in [5.74, 6) is 0. The summed E-state index contributed by atoms with van der Waals surface area (Å²) in [6.07, 6.45) is 0. The third-order valence-electron chi connectivity index (χ3n) is 2.33. The van der Waals surface area contributed by atoms with Crippen molar-refractivity contribution in [2.75, 3.05) is 5.32 Å². The first kappa shape index (κ1) is 13.2. The van der Waals surface area contributed by atoms with Crippen LogP contribution in [0, 0.1) is 3.57 Å². The number of hydrogen-bond acceptors (Lipinski definition) is 1. The molecule has 0 amide bonds. The molecule has 1 N–H and O–H groups in total. The van der Waals surface area contributed by atoms with Gasteiger partial charge in [-0.25, -0.2) is 0 Å². The smallest absolute Gasteiger partial charge is 0.0479 e. The lowest BCUT2D eigenvalue weighted by Crippen LogP contribution is -2.00. The van der Waals surface area contributed by atoms with Crippen molar-refractivity contribution >= 4 is 55.8 Å². The lowest BCUT2D eigenvalue weighted by Gasteiger charge is -2.09. The second-order valence-electron chi connectivity index (χ2n) is 3.60. The number of anilines is 1. The predicted octanol–water partition coefficient (Wildman–Crippen LogP) is 5.32. The SMILES string of the molecule is Clc1ccc(NCc2ccc(Br)cc2)c(I)c1. The van der Waals surface area contributed by atoms with Crippen molar-refractivity contribution in [2.45, 2.75) is 6.54 Å². The average molecular weight is 422 g/mol. The Hall–Kier alpha value is -0.260. The highest BCUT2D eigenvalue weighted by molar-refractivity contribution is 14.1. The molecule has 0 radical (unpaired) electrons. The molecule has 4 heteroatoms. The van der Waals surface area contributed by atoms with Crippen molar-refractivity contribution in [3.05, 3.63) is 61.1 Å². The minimum Gasteiger partial charge on any atom is -0.380 e. The Morgan fingerprint density at radius 3 is 2.47 bits per heavy atom. The van der Waals surface area contributed by atoms with Gasteiger partial charge >= 0.3 is 0 Å². The molecule has 17 heavy (non-hydrogen) atoms. The first-order valence-electron chi connectivity index (χ1n) is 5.08. The number of hydrogen-bond donors (Lipinski definition) is 1. The van der Waals surface area contributed by atoms with E-state index in [0.717, 1.165) is 25.3 Å². The maximum Gasteiger partial charge on any atom is 0.0479 e. The van der Waals surface area contributed by atoms with Gasteiger partial charge in [-0.3, -0.25) is 0 Å². The van der Waals surface area contributed by atoms with E-state index in [1.54, 1.807) is 0 Å². The predicted molar refractivity (Wildman–Crippen MR) is 85.6 cm³/mol. The fraction of sp³-hybridized carbons (Fsp3) is 0.0769. The maximum atomic E-state index is 5.91. The third-order valence-corrected chi connectivity index (χ3v) is 3.98. The second kappa shape index (κ2) is 6.07. The summed E-state index contributed by atoms with van der Waals surface area (Å²) in [6.45, 7) is 0.810. The average Bonchev–Trinajstić information content (AvgIpc) is 2.30. The molecule has 0 unspecified atom stereocenters. The highest BCUT2D eigenvalue weighted by atomic mass is 127. The Morgan fingerprint density at radius 2 is 1.82 bits per heavy atom. The topological polar surface area (TPSA) is 12.0 Å². The van der Waals surface area contributed by atoms with Crippen LogP contribution in [0.25, 0.3) is 0 Å². The van der Waals surface area contributed by atoms with E-state index in [-0.39, 0.29) is 0 Å². The molecule has 0 saturated heterocycles. The lowest BCUT2D eigenvalue weighted by molar-refractivity contribution is 1.14. The molecule has 0 spiro atoms. The zero-order chi connectivity index (χ0) is 12.3. The molecule has 0 aliphatic heterocycles. The summed E-state index contributed by atoms with van der Waals surface area (Å²) in [6, 6.07) is 14.1. The van der Waals surface area contributed by atoms with Gasteiger partial charge in [0.15, 0.2) is 0 Å². The molecule has 0 aliphatic carbocycles. The van der Waals surface area contributed by atoms with Gasteiger partial charge in [0.05, 0.1) is 0 Å². The van der Waals surface area contributed by atoms with Gasteiger partial charge < -0.3 is 5.32 Å². The van der Waals surface area contributed by atoms with E-state index in [1.807, 2.05) is 30.3 Å². The van der Waals surface area contributed by atoms with Crippen LogP contribution in [0.2, 0.25) is 5.02 Å². The molecule has 0 saturated carbocycles. The molecule has 0 fully saturated rings. The van der Waals surface area contributed by atoms with Crippen LogP contribution < -0.4 is 5.32 Å². The number of nitrogens with one attached hydrogen (secondary N) is 1. The maximum absolute atomic E-state index is 5.91. The standard InChI is InChI=1S/C13H10BrClIN/c14-10-3-1-9(2-4-10)8-17-13-6-5-11(15)7-12(13)16/h1-7,17H,8H2. The van der Waals surface area contributed by atoms with E-state index in [1.165, 1.54) is 5.56 Å². The molecule has 2 rings (SSSR count). The van der Waals surface area contributed by atoms with Gasteiger partial charge in [0, 0.05) is 25.3 Å². The van der Waals surface area contributed by atoms with Gasteiger partial charge in [0.2, 0.25) is 0 Å². The Labute approximate surface area is 128 Å². The second-order valence-corrected chi connectivity index (χ2v) is 6.12. The highest BCUT2D eigenvalue weighted by Crippen LogP contribution is 2.23. The molecule has 0 aliphatic rings. The molecule has 0 bridgehead atoms. The van der Waals surface area contributed by atoms with Crippen molar-refractivity contribution in [1.82, 2.24) is 0 Å². The number of rotatable bonds is 3. The van der Waals surface area contributed by atoms with E-state index in [0.29, 0.717) is 0 Å². The highest BCUT2D eigenvalue weighted by Gasteiger charge is 2.00. The largest absolute Gasteiger partial charge is 0.380 e. The Balaban J connectivity index is 2.04. The number of benzene rings is 2. The quantitative estimate of drug-likeness (QED) is 0.661. The van der Waals surface area contributed by atoms with Crippen LogP contribution in [-0.4, -0.2) is 0 Å². The normalized spacial score (nSPS) is 10.3. The van der Waals surface area contributed by atoms with Crippen molar-refractivity contribution in [2.24, 2.45) is 0 Å². The van der Waals surface area contributed by atoms with Gasteiger partial charge in [-0.2, -0.15) is 0 Å². The molecule has 1 nitrogen and oxygen atoms in total. The van der Waals surface area contributed by atoms with Gasteiger partial charge in [0.1, 0.15) is 0 Å². The zero-order valence-electron chi connectivity index (χ0n) is 8.88. The van der Waals surface area contributed by atoms with Crippen LogP contribution in [0.15, 0.2) is 46.9 Å². The van der Waals surface area contributed by atoms with Crippen molar-refractivity contribution in [3.8, 4) is 0 Å². The van der Waals surface area contributed by atoms with Gasteiger partial charge in [-0.15, -0.1) is 0 Å². The zero-order valence-corrected chi connectivity index (χ0v) is 13.4. The molecule has 88 valence electrons. The lowest BCUT2D eigenvalue weighted by atomic mass is 10.2. The summed E-state index contributed by atoms with van der Waals surface area (Å²) < 4.78 is 2.23. The van der Waals surface area contributed by atoms with Crippen LogP contribution in [0.3, 0.4) is 0 Å². The van der Waals surface area contributed by atoms with Crippen LogP contribution in [0.1, 0.15) is 5.56 Å². The Morgan fingerprint density at radius 1 is 1.12 bits per heavy atom. The van der Waals surface area contributed by atoms with Crippen molar-refractivity contribution < 1.29 is 0 Å². The molecule has 2 aromatic rings. The van der Waals surface area contributed by atoms with Crippen LogP contribution in [0.5, 0.6) is 0 Å². The summed E-state index contributed by atoms with van der Waals surface area (Å²) in [5.41, 5.74) is 2.36. The van der Waals surface area contributed by atoms with Crippen molar-refractivity contribution in [1.29, 1.82) is 0 Å². The van der Waals surface area contributed by atoms with E-state index in [9.17, 15) is 0 Å². The molecular formula is C13H10BrClIN. The molecule has 0 aromatic heterocycles. The first-order chi connectivity index (χ1) is 8.15. The molecule has 0 heterocycles. The minimum atomic E-state index is 0.767. The number of halogens is 3. The Kier molecular flexibility index (Phi) is 4.70. The van der Waals surface area contributed by atoms with Gasteiger partial charge in [-0.05, 0) is 58.5 Å².